The highest BCUT2D eigenvalue weighted by Gasteiger charge is 2.31. The monoisotopic (exact) mass is 425 g/mol. The van der Waals surface area contributed by atoms with Crippen LogP contribution in [0.3, 0.4) is 0 Å². The van der Waals surface area contributed by atoms with E-state index in [-0.39, 0.29) is 23.5 Å². The maximum Gasteiger partial charge on any atom is 0.416 e. The molecule has 0 saturated carbocycles. The van der Waals surface area contributed by atoms with Gasteiger partial charge in [0.15, 0.2) is 0 Å². The number of benzene rings is 2. The Balaban J connectivity index is 1.61. The molecule has 154 valence electrons. The van der Waals surface area contributed by atoms with Gasteiger partial charge in [-0.3, -0.25) is 4.79 Å². The van der Waals surface area contributed by atoms with Crippen LogP contribution in [0.4, 0.5) is 13.2 Å². The van der Waals surface area contributed by atoms with Gasteiger partial charge in [-0.1, -0.05) is 24.3 Å². The van der Waals surface area contributed by atoms with Crippen LogP contribution in [-0.4, -0.2) is 37.4 Å². The van der Waals surface area contributed by atoms with Gasteiger partial charge in [0.05, 0.1) is 10.5 Å². The van der Waals surface area contributed by atoms with Gasteiger partial charge < -0.3 is 0 Å². The molecule has 1 N–H and O–H groups in total. The second kappa shape index (κ2) is 8.34. The number of hydrazone groups is 1. The van der Waals surface area contributed by atoms with Gasteiger partial charge >= 0.3 is 6.18 Å². The lowest BCUT2D eigenvalue weighted by molar-refractivity contribution is -0.137. The molecular formula is C19H18F3N3O3S. The molecule has 1 heterocycles. The van der Waals surface area contributed by atoms with Crippen LogP contribution in [0.25, 0.3) is 0 Å². The summed E-state index contributed by atoms with van der Waals surface area (Å²) in [5, 5.41) is 3.95. The molecule has 10 heteroatoms. The molecule has 1 saturated heterocycles. The molecule has 0 radical (unpaired) electrons. The van der Waals surface area contributed by atoms with Crippen molar-refractivity contribution in [1.29, 1.82) is 0 Å². The molecule has 3 rings (SSSR count). The average molecular weight is 425 g/mol. The normalized spacial score (nSPS) is 15.8. The van der Waals surface area contributed by atoms with E-state index in [2.05, 4.69) is 10.5 Å². The van der Waals surface area contributed by atoms with Crippen LogP contribution in [0.1, 0.15) is 28.8 Å². The number of hydrogen-bond donors (Lipinski definition) is 1. The standard InChI is InChI=1S/C19H18F3N3O3S/c20-19(21,22)15-6-4-5-14(13-15)18(26)24-23-16-9-11-25(12-10-16)29(27,28)17-7-2-1-3-8-17/h1-8,13H,9-12H2,(H,24,26). The summed E-state index contributed by atoms with van der Waals surface area (Å²) in [5.41, 5.74) is 1.74. The fraction of sp³-hybridized carbons (Fsp3) is 0.263. The minimum absolute atomic E-state index is 0.159. The van der Waals surface area contributed by atoms with Crippen LogP contribution in [0.2, 0.25) is 0 Å². The number of nitrogens with zero attached hydrogens (tertiary/aromatic N) is 2. The second-order valence-corrected chi connectivity index (χ2v) is 8.35. The number of amides is 1. The molecule has 1 aliphatic heterocycles. The minimum Gasteiger partial charge on any atom is -0.267 e. The average Bonchev–Trinajstić information content (AvgIpc) is 2.72. The highest BCUT2D eigenvalue weighted by molar-refractivity contribution is 7.89. The fourth-order valence-electron chi connectivity index (χ4n) is 2.87. The highest BCUT2D eigenvalue weighted by atomic mass is 32.2. The van der Waals surface area contributed by atoms with Gasteiger partial charge in [0, 0.05) is 37.2 Å². The first-order valence-corrected chi connectivity index (χ1v) is 10.2. The van der Waals surface area contributed by atoms with Gasteiger partial charge in [0.25, 0.3) is 5.91 Å². The highest BCUT2D eigenvalue weighted by Crippen LogP contribution is 2.29. The Labute approximate surface area is 166 Å². The smallest absolute Gasteiger partial charge is 0.267 e. The molecule has 2 aromatic carbocycles. The van der Waals surface area contributed by atoms with Gasteiger partial charge in [0.2, 0.25) is 10.0 Å². The number of halogens is 3. The van der Waals surface area contributed by atoms with Crippen LogP contribution in [0, 0.1) is 0 Å². The van der Waals surface area contributed by atoms with E-state index in [1.807, 2.05) is 0 Å². The summed E-state index contributed by atoms with van der Waals surface area (Å²) >= 11 is 0. The molecule has 1 aliphatic rings. The Bertz CT molecular complexity index is 1010. The summed E-state index contributed by atoms with van der Waals surface area (Å²) in [6.07, 6.45) is -3.91. The summed E-state index contributed by atoms with van der Waals surface area (Å²) < 4.78 is 64.8. The van der Waals surface area contributed by atoms with Crippen molar-refractivity contribution in [1.82, 2.24) is 9.73 Å². The van der Waals surface area contributed by atoms with E-state index < -0.39 is 27.7 Å². The lowest BCUT2D eigenvalue weighted by atomic mass is 10.1. The number of carbonyl (C=O) groups is 1. The topological polar surface area (TPSA) is 78.8 Å². The van der Waals surface area contributed by atoms with Crippen molar-refractivity contribution in [2.75, 3.05) is 13.1 Å². The van der Waals surface area contributed by atoms with Crippen LogP contribution in [0.15, 0.2) is 64.6 Å². The molecule has 2 aromatic rings. The Morgan fingerprint density at radius 3 is 2.28 bits per heavy atom. The molecule has 0 spiro atoms. The maximum absolute atomic E-state index is 12.8. The van der Waals surface area contributed by atoms with Gasteiger partial charge in [-0.05, 0) is 30.3 Å². The van der Waals surface area contributed by atoms with Crippen LogP contribution in [-0.2, 0) is 16.2 Å². The Morgan fingerprint density at radius 1 is 1.00 bits per heavy atom. The number of alkyl halides is 3. The summed E-state index contributed by atoms with van der Waals surface area (Å²) in [6.45, 7) is 0.408. The van der Waals surface area contributed by atoms with Crippen molar-refractivity contribution in [2.24, 2.45) is 5.10 Å². The summed E-state index contributed by atoms with van der Waals surface area (Å²) in [5.74, 6) is -0.761. The number of piperidine rings is 1. The van der Waals surface area contributed by atoms with Crippen molar-refractivity contribution in [3.63, 3.8) is 0 Å². The van der Waals surface area contributed by atoms with Crippen molar-refractivity contribution >= 4 is 21.6 Å². The molecule has 0 aromatic heterocycles. The lowest BCUT2D eigenvalue weighted by Gasteiger charge is -2.26. The van der Waals surface area contributed by atoms with E-state index in [1.165, 1.54) is 22.5 Å². The van der Waals surface area contributed by atoms with E-state index in [4.69, 9.17) is 0 Å². The molecule has 6 nitrogen and oxygen atoms in total. The molecule has 0 atom stereocenters. The van der Waals surface area contributed by atoms with Crippen molar-refractivity contribution in [3.8, 4) is 0 Å². The van der Waals surface area contributed by atoms with E-state index in [0.29, 0.717) is 18.6 Å². The third kappa shape index (κ3) is 5.01. The van der Waals surface area contributed by atoms with Crippen LogP contribution < -0.4 is 5.43 Å². The Kier molecular flexibility index (Phi) is 6.04. The van der Waals surface area contributed by atoms with E-state index >= 15 is 0 Å². The first kappa shape index (κ1) is 21.0. The molecular weight excluding hydrogens is 407 g/mol. The fourth-order valence-corrected chi connectivity index (χ4v) is 4.33. The Morgan fingerprint density at radius 2 is 1.66 bits per heavy atom. The van der Waals surface area contributed by atoms with E-state index in [9.17, 15) is 26.4 Å². The van der Waals surface area contributed by atoms with Crippen molar-refractivity contribution in [2.45, 2.75) is 23.9 Å². The van der Waals surface area contributed by atoms with Crippen molar-refractivity contribution in [3.05, 3.63) is 65.7 Å². The number of sulfonamides is 1. The third-order valence-electron chi connectivity index (χ3n) is 4.45. The van der Waals surface area contributed by atoms with Crippen LogP contribution >= 0.6 is 0 Å². The van der Waals surface area contributed by atoms with Crippen LogP contribution in [0.5, 0.6) is 0 Å². The van der Waals surface area contributed by atoms with E-state index in [1.54, 1.807) is 18.2 Å². The van der Waals surface area contributed by atoms with E-state index in [0.717, 1.165) is 18.2 Å². The number of rotatable bonds is 4. The van der Waals surface area contributed by atoms with Gasteiger partial charge in [-0.15, -0.1) is 0 Å². The molecule has 0 unspecified atom stereocenters. The first-order chi connectivity index (χ1) is 13.7. The molecule has 0 aliphatic carbocycles. The maximum atomic E-state index is 12.8. The predicted molar refractivity (Wildman–Crippen MR) is 101 cm³/mol. The van der Waals surface area contributed by atoms with Gasteiger partial charge in [0.1, 0.15) is 0 Å². The van der Waals surface area contributed by atoms with Gasteiger partial charge in [-0.25, -0.2) is 13.8 Å². The van der Waals surface area contributed by atoms with Crippen molar-refractivity contribution < 1.29 is 26.4 Å². The lowest BCUT2D eigenvalue weighted by Crippen LogP contribution is -2.39. The number of hydrogen-bond acceptors (Lipinski definition) is 4. The quantitative estimate of drug-likeness (QED) is 0.764. The molecule has 0 bridgehead atoms. The van der Waals surface area contributed by atoms with Gasteiger partial charge in [-0.2, -0.15) is 22.6 Å². The second-order valence-electron chi connectivity index (χ2n) is 6.41. The molecule has 29 heavy (non-hydrogen) atoms. The largest absolute Gasteiger partial charge is 0.416 e. The summed E-state index contributed by atoms with van der Waals surface area (Å²) in [4.78, 5) is 12.3. The SMILES string of the molecule is O=C(NN=C1CCN(S(=O)(=O)c2ccccc2)CC1)c1cccc(C(F)(F)F)c1. The zero-order chi connectivity index (χ0) is 21.1. The third-order valence-corrected chi connectivity index (χ3v) is 6.36. The zero-order valence-corrected chi connectivity index (χ0v) is 16.0. The molecule has 1 amide bonds. The predicted octanol–water partition coefficient (Wildman–Crippen LogP) is 3.28. The summed E-state index contributed by atoms with van der Waals surface area (Å²) in [6, 6.07) is 12.1. The Hall–Kier alpha value is -2.72. The summed E-state index contributed by atoms with van der Waals surface area (Å²) in [7, 11) is -3.59. The zero-order valence-electron chi connectivity index (χ0n) is 15.2. The molecule has 1 fully saturated rings. The number of nitrogens with one attached hydrogen (secondary N) is 1. The number of carbonyl (C=O) groups excluding carboxylic acids is 1. The minimum atomic E-state index is -4.54. The first-order valence-electron chi connectivity index (χ1n) is 8.76.